The number of aliphatic hydroxyl groups is 3. The van der Waals surface area contributed by atoms with E-state index in [1.54, 1.807) is 24.0 Å². The van der Waals surface area contributed by atoms with Crippen molar-refractivity contribution >= 4 is 17.8 Å². The lowest BCUT2D eigenvalue weighted by Gasteiger charge is -2.23. The Morgan fingerprint density at radius 3 is 2.20 bits per heavy atom. The summed E-state index contributed by atoms with van der Waals surface area (Å²) in [6.07, 6.45) is -7.47. The van der Waals surface area contributed by atoms with Crippen molar-refractivity contribution in [2.45, 2.75) is 58.1 Å². The first-order valence-electron chi connectivity index (χ1n) is 12.5. The quantitative estimate of drug-likeness (QED) is 0.199. The molecule has 12 nitrogen and oxygen atoms in total. The second kappa shape index (κ2) is 15.4. The summed E-state index contributed by atoms with van der Waals surface area (Å²) < 4.78 is 38.1. The molecule has 1 aromatic heterocycles. The highest BCUT2D eigenvalue weighted by molar-refractivity contribution is 5.99. The van der Waals surface area contributed by atoms with Crippen molar-refractivity contribution in [3.63, 3.8) is 0 Å². The van der Waals surface area contributed by atoms with E-state index in [0.717, 1.165) is 19.0 Å². The molecule has 0 saturated carbocycles. The summed E-state index contributed by atoms with van der Waals surface area (Å²) in [5.41, 5.74) is 4.06. The number of nitrogens with one attached hydrogen (secondary N) is 2. The molecule has 1 aromatic carbocycles. The molecule has 222 valence electrons. The number of carbonyl (C=O) groups is 2. The molecule has 0 aliphatic heterocycles. The summed E-state index contributed by atoms with van der Waals surface area (Å²) in [6, 6.07) is 5.31. The number of aryl methyl sites for hydroxylation is 1. The lowest BCUT2D eigenvalue weighted by atomic mass is 10.0. The van der Waals surface area contributed by atoms with E-state index in [1.807, 2.05) is 19.3 Å². The smallest absolute Gasteiger partial charge is 0.388 e. The van der Waals surface area contributed by atoms with Gasteiger partial charge in [-0.2, -0.15) is 13.2 Å². The highest BCUT2D eigenvalue weighted by Crippen LogP contribution is 2.27. The second-order valence-corrected chi connectivity index (χ2v) is 8.92. The molecule has 5 N–H and O–H groups in total. The summed E-state index contributed by atoms with van der Waals surface area (Å²) in [6.45, 7) is 5.52. The molecule has 2 amide bonds. The van der Waals surface area contributed by atoms with Crippen LogP contribution in [0.2, 0.25) is 0 Å². The number of alkyl halides is 3. The molecule has 1 unspecified atom stereocenters. The predicted octanol–water partition coefficient (Wildman–Crippen LogP) is 1.85. The van der Waals surface area contributed by atoms with Gasteiger partial charge in [0.25, 0.3) is 11.8 Å². The molecular weight excluding hydrogens is 539 g/mol. The number of anilines is 1. The van der Waals surface area contributed by atoms with E-state index in [0.29, 0.717) is 30.3 Å². The maximum atomic E-state index is 12.9. The maximum absolute atomic E-state index is 12.9. The number of carbonyl (C=O) groups excluding carboxylic acids is 2. The molecule has 0 aliphatic rings. The molecule has 3 atom stereocenters. The molecule has 2 aromatic rings. The number of hydrogen-bond donors (Lipinski definition) is 5. The van der Waals surface area contributed by atoms with Gasteiger partial charge in [-0.25, -0.2) is 20.9 Å². The molecule has 0 fully saturated rings. The standard InChI is InChI=1S/C25H34F3N5O7/c1-4-8-33(9-5-2)23(38)17-11-15(3)10-16(12-17)22(37)31-39-13-18(34)21(36)19(35)14-40-32-24-29-7-6-20(30-24)25(26,27)28/h6-7,10-12,18-19,21,34-36H,4-5,8-9,13-14H2,1-3H3,(H,31,37)(H,29,30,32)/t18-,19?,21-/m0/s1. The molecule has 40 heavy (non-hydrogen) atoms. The minimum Gasteiger partial charge on any atom is -0.388 e. The zero-order valence-electron chi connectivity index (χ0n) is 22.3. The lowest BCUT2D eigenvalue weighted by Crippen LogP contribution is -2.44. The minimum absolute atomic E-state index is 0.141. The number of aliphatic hydroxyl groups excluding tert-OH is 3. The number of halogens is 3. The first-order chi connectivity index (χ1) is 18.9. The Labute approximate surface area is 229 Å². The van der Waals surface area contributed by atoms with E-state index in [2.05, 4.69) is 15.4 Å². The van der Waals surface area contributed by atoms with Gasteiger partial charge in [0.15, 0.2) is 0 Å². The summed E-state index contributed by atoms with van der Waals surface area (Å²) in [5.74, 6) is -1.44. The number of rotatable bonds is 15. The molecule has 2 rings (SSSR count). The Morgan fingerprint density at radius 1 is 1.00 bits per heavy atom. The number of nitrogens with zero attached hydrogens (tertiary/aromatic N) is 3. The van der Waals surface area contributed by atoms with Crippen LogP contribution in [-0.4, -0.2) is 86.6 Å². The van der Waals surface area contributed by atoms with Crippen LogP contribution in [0.25, 0.3) is 0 Å². The Morgan fingerprint density at radius 2 is 1.60 bits per heavy atom. The Balaban J connectivity index is 1.85. The van der Waals surface area contributed by atoms with Gasteiger partial charge in [0.1, 0.15) is 37.2 Å². The third kappa shape index (κ3) is 9.98. The maximum Gasteiger partial charge on any atom is 0.433 e. The fourth-order valence-corrected chi connectivity index (χ4v) is 3.54. The zero-order chi connectivity index (χ0) is 29.9. The molecule has 0 bridgehead atoms. The molecule has 0 aliphatic carbocycles. The first-order valence-corrected chi connectivity index (χ1v) is 12.5. The normalized spacial score (nSPS) is 13.8. The Kier molecular flexibility index (Phi) is 12.7. The molecule has 0 saturated heterocycles. The van der Waals surface area contributed by atoms with Gasteiger partial charge >= 0.3 is 6.18 Å². The van der Waals surface area contributed by atoms with E-state index in [4.69, 9.17) is 9.68 Å². The minimum atomic E-state index is -4.70. The van der Waals surface area contributed by atoms with Crippen LogP contribution in [0.1, 0.15) is 58.7 Å². The van der Waals surface area contributed by atoms with Gasteiger partial charge in [0.05, 0.1) is 0 Å². The van der Waals surface area contributed by atoms with E-state index >= 15 is 0 Å². The second-order valence-electron chi connectivity index (χ2n) is 8.92. The average Bonchev–Trinajstić information content (AvgIpc) is 2.91. The summed E-state index contributed by atoms with van der Waals surface area (Å²) in [7, 11) is 0. The van der Waals surface area contributed by atoms with E-state index < -0.39 is 55.3 Å². The van der Waals surface area contributed by atoms with Crippen molar-refractivity contribution in [2.24, 2.45) is 0 Å². The summed E-state index contributed by atoms with van der Waals surface area (Å²) in [5, 5.41) is 30.1. The van der Waals surface area contributed by atoms with Crippen LogP contribution in [0, 0.1) is 6.92 Å². The third-order valence-corrected chi connectivity index (χ3v) is 5.43. The molecule has 1 heterocycles. The van der Waals surface area contributed by atoms with E-state index in [1.165, 1.54) is 6.07 Å². The van der Waals surface area contributed by atoms with Crippen molar-refractivity contribution in [1.82, 2.24) is 20.3 Å². The lowest BCUT2D eigenvalue weighted by molar-refractivity contribution is -0.141. The Bertz CT molecular complexity index is 1120. The molecule has 0 radical (unpaired) electrons. The van der Waals surface area contributed by atoms with Crippen molar-refractivity contribution in [3.8, 4) is 0 Å². The van der Waals surface area contributed by atoms with Crippen LogP contribution in [0.15, 0.2) is 30.5 Å². The first kappa shape index (κ1) is 32.8. The molecule has 0 spiro atoms. The van der Waals surface area contributed by atoms with Crippen molar-refractivity contribution < 1.29 is 47.8 Å². The number of benzene rings is 1. The number of hydroxylamine groups is 1. The SMILES string of the molecule is CCCN(CCC)C(=O)c1cc(C)cc(C(=O)NOC[C@H](O)[C@H](O)C(O)CONc2nccc(C(F)(F)F)n2)c1. The van der Waals surface area contributed by atoms with Gasteiger partial charge < -0.3 is 20.2 Å². The fraction of sp³-hybridized carbons (Fsp3) is 0.520. The zero-order valence-corrected chi connectivity index (χ0v) is 22.3. The van der Waals surface area contributed by atoms with E-state index in [9.17, 15) is 38.1 Å². The van der Waals surface area contributed by atoms with Crippen LogP contribution >= 0.6 is 0 Å². The Hall–Kier alpha value is -3.37. The van der Waals surface area contributed by atoms with Gasteiger partial charge in [0, 0.05) is 30.4 Å². The summed E-state index contributed by atoms with van der Waals surface area (Å²) in [4.78, 5) is 43.7. The van der Waals surface area contributed by atoms with Crippen molar-refractivity contribution in [1.29, 1.82) is 0 Å². The van der Waals surface area contributed by atoms with Crippen molar-refractivity contribution in [2.75, 3.05) is 31.8 Å². The molecule has 15 heteroatoms. The highest BCUT2D eigenvalue weighted by Gasteiger charge is 2.33. The van der Waals surface area contributed by atoms with Crippen molar-refractivity contribution in [3.05, 3.63) is 52.8 Å². The fourth-order valence-electron chi connectivity index (χ4n) is 3.54. The monoisotopic (exact) mass is 573 g/mol. The number of amides is 2. The van der Waals surface area contributed by atoms with Gasteiger partial charge in [-0.05, 0) is 49.6 Å². The van der Waals surface area contributed by atoms with Crippen LogP contribution in [0.4, 0.5) is 19.1 Å². The van der Waals surface area contributed by atoms with Gasteiger partial charge in [-0.3, -0.25) is 19.3 Å². The van der Waals surface area contributed by atoms with Crippen LogP contribution in [-0.2, 0) is 15.9 Å². The van der Waals surface area contributed by atoms with E-state index in [-0.39, 0.29) is 11.5 Å². The topological polar surface area (TPSA) is 166 Å². The highest BCUT2D eigenvalue weighted by atomic mass is 19.4. The predicted molar refractivity (Wildman–Crippen MR) is 136 cm³/mol. The number of hydrogen-bond acceptors (Lipinski definition) is 10. The van der Waals surface area contributed by atoms with Gasteiger partial charge in [-0.1, -0.05) is 13.8 Å². The van der Waals surface area contributed by atoms with Gasteiger partial charge in [-0.15, -0.1) is 0 Å². The van der Waals surface area contributed by atoms with Crippen LogP contribution < -0.4 is 11.0 Å². The number of aromatic nitrogens is 2. The molecular formula is C25H34F3N5O7. The van der Waals surface area contributed by atoms with Crippen LogP contribution in [0.3, 0.4) is 0 Å². The average molecular weight is 574 g/mol. The third-order valence-electron chi connectivity index (χ3n) is 5.43. The van der Waals surface area contributed by atoms with Crippen LogP contribution in [0.5, 0.6) is 0 Å². The summed E-state index contributed by atoms with van der Waals surface area (Å²) >= 11 is 0. The largest absolute Gasteiger partial charge is 0.433 e. The van der Waals surface area contributed by atoms with Gasteiger partial charge in [0.2, 0.25) is 5.95 Å².